The maximum Gasteiger partial charge on any atom is 0.269 e. The van der Waals surface area contributed by atoms with Crippen molar-refractivity contribution in [1.29, 1.82) is 0 Å². The lowest BCUT2D eigenvalue weighted by Crippen LogP contribution is -2.32. The Morgan fingerprint density at radius 2 is 1.68 bits per heavy atom. The Hall–Kier alpha value is -2.58. The van der Waals surface area contributed by atoms with Crippen LogP contribution in [-0.2, 0) is 16.4 Å². The molecule has 2 aromatic carbocycles. The number of carbonyl (C=O) groups excluding carboxylic acids is 1. The molecule has 1 aliphatic heterocycles. The van der Waals surface area contributed by atoms with Crippen molar-refractivity contribution in [2.75, 3.05) is 13.1 Å². The monoisotopic (exact) mass is 402 g/mol. The van der Waals surface area contributed by atoms with Gasteiger partial charge in [-0.05, 0) is 30.5 Å². The third-order valence-corrected chi connectivity index (χ3v) is 6.74. The van der Waals surface area contributed by atoms with Crippen molar-refractivity contribution in [2.24, 2.45) is 0 Å². The van der Waals surface area contributed by atoms with Gasteiger partial charge >= 0.3 is 0 Å². The molecule has 8 heteroatoms. The molecular formula is C20H22N2O5S. The number of carbonyl (C=O) groups is 1. The summed E-state index contributed by atoms with van der Waals surface area (Å²) in [6.45, 7) is 0.988. The summed E-state index contributed by atoms with van der Waals surface area (Å²) < 4.78 is 27.4. The number of nitrogens with zero attached hydrogens (tertiary/aromatic N) is 2. The molecule has 0 unspecified atom stereocenters. The summed E-state index contributed by atoms with van der Waals surface area (Å²) >= 11 is 0. The topological polar surface area (TPSA) is 97.6 Å². The third kappa shape index (κ3) is 4.63. The van der Waals surface area contributed by atoms with Crippen LogP contribution in [-0.4, -0.2) is 36.5 Å². The summed E-state index contributed by atoms with van der Waals surface area (Å²) in [5, 5.41) is 10.9. The zero-order valence-electron chi connectivity index (χ0n) is 15.4. The van der Waals surface area contributed by atoms with Gasteiger partial charge in [0.25, 0.3) is 5.69 Å². The van der Waals surface area contributed by atoms with Crippen LogP contribution in [0.3, 0.4) is 0 Å². The number of hydrogen-bond acceptors (Lipinski definition) is 5. The van der Waals surface area contributed by atoms with Gasteiger partial charge < -0.3 is 0 Å². The molecule has 1 aliphatic rings. The van der Waals surface area contributed by atoms with Crippen molar-refractivity contribution in [3.63, 3.8) is 0 Å². The fourth-order valence-corrected chi connectivity index (χ4v) is 4.89. The average Bonchev–Trinajstić information content (AvgIpc) is 2.98. The summed E-state index contributed by atoms with van der Waals surface area (Å²) in [6, 6.07) is 11.9. The second kappa shape index (κ2) is 8.62. The van der Waals surface area contributed by atoms with Crippen LogP contribution in [0.5, 0.6) is 0 Å². The Bertz CT molecular complexity index is 980. The van der Waals surface area contributed by atoms with Gasteiger partial charge in [0.1, 0.15) is 0 Å². The van der Waals surface area contributed by atoms with E-state index in [0.717, 1.165) is 25.7 Å². The molecule has 0 N–H and O–H groups in total. The van der Waals surface area contributed by atoms with Gasteiger partial charge in [-0.15, -0.1) is 0 Å². The number of sulfonamides is 1. The largest absolute Gasteiger partial charge is 0.294 e. The van der Waals surface area contributed by atoms with Gasteiger partial charge in [0, 0.05) is 37.2 Å². The maximum absolute atomic E-state index is 12.9. The van der Waals surface area contributed by atoms with E-state index in [1.807, 2.05) is 0 Å². The van der Waals surface area contributed by atoms with Gasteiger partial charge in [-0.3, -0.25) is 14.9 Å². The van der Waals surface area contributed by atoms with Crippen LogP contribution in [0.4, 0.5) is 5.69 Å². The maximum atomic E-state index is 12.9. The van der Waals surface area contributed by atoms with Crippen molar-refractivity contribution in [3.8, 4) is 0 Å². The number of nitro groups is 1. The Labute approximate surface area is 164 Å². The van der Waals surface area contributed by atoms with Gasteiger partial charge in [0.2, 0.25) is 10.0 Å². The molecule has 3 rings (SSSR count). The highest BCUT2D eigenvalue weighted by molar-refractivity contribution is 7.89. The molecule has 0 amide bonds. The molecule has 0 radical (unpaired) electrons. The predicted octanol–water partition coefficient (Wildman–Crippen LogP) is 3.58. The zero-order chi connectivity index (χ0) is 20.1. The van der Waals surface area contributed by atoms with Crippen LogP contribution in [0.1, 0.15) is 41.6 Å². The highest BCUT2D eigenvalue weighted by Crippen LogP contribution is 2.22. The van der Waals surface area contributed by atoms with Crippen molar-refractivity contribution in [1.82, 2.24) is 4.31 Å². The summed E-state index contributed by atoms with van der Waals surface area (Å²) in [6.07, 6.45) is 3.69. The minimum atomic E-state index is -3.64. The molecule has 1 saturated heterocycles. The van der Waals surface area contributed by atoms with Crippen LogP contribution in [0, 0.1) is 10.1 Å². The molecule has 0 aliphatic carbocycles. The molecule has 148 valence electrons. The normalized spacial score (nSPS) is 15.7. The minimum Gasteiger partial charge on any atom is -0.294 e. The quantitative estimate of drug-likeness (QED) is 0.418. The van der Waals surface area contributed by atoms with Crippen LogP contribution in [0.2, 0.25) is 0 Å². The average molecular weight is 402 g/mol. The molecule has 7 nitrogen and oxygen atoms in total. The van der Waals surface area contributed by atoms with Gasteiger partial charge in [-0.25, -0.2) is 8.42 Å². The van der Waals surface area contributed by atoms with E-state index in [1.165, 1.54) is 34.6 Å². The van der Waals surface area contributed by atoms with Crippen LogP contribution in [0.25, 0.3) is 0 Å². The van der Waals surface area contributed by atoms with Gasteiger partial charge in [-0.1, -0.05) is 37.1 Å². The standard InChI is InChI=1S/C20H22N2O5S/c23-20(14-16-7-5-9-18(13-16)22(24)25)17-8-6-10-19(15-17)28(26,27)21-11-3-1-2-4-12-21/h5-10,13,15H,1-4,11-12,14H2. The summed E-state index contributed by atoms with van der Waals surface area (Å²) in [5.41, 5.74) is 0.713. The third-order valence-electron chi connectivity index (χ3n) is 4.84. The fraction of sp³-hybridized carbons (Fsp3) is 0.350. The molecule has 0 aromatic heterocycles. The van der Waals surface area contributed by atoms with Gasteiger partial charge in [0.05, 0.1) is 9.82 Å². The van der Waals surface area contributed by atoms with E-state index in [4.69, 9.17) is 0 Å². The summed E-state index contributed by atoms with van der Waals surface area (Å²) in [7, 11) is -3.64. The van der Waals surface area contributed by atoms with E-state index in [9.17, 15) is 23.3 Å². The minimum absolute atomic E-state index is 0.0328. The number of rotatable bonds is 6. The van der Waals surface area contributed by atoms with E-state index in [1.54, 1.807) is 18.2 Å². The Balaban J connectivity index is 1.81. The molecule has 1 fully saturated rings. The lowest BCUT2D eigenvalue weighted by atomic mass is 10.0. The first-order valence-electron chi connectivity index (χ1n) is 9.25. The molecule has 2 aromatic rings. The first-order chi connectivity index (χ1) is 13.4. The smallest absolute Gasteiger partial charge is 0.269 e. The van der Waals surface area contributed by atoms with Gasteiger partial charge in [0.15, 0.2) is 5.78 Å². The number of ketones is 1. The molecule has 0 bridgehead atoms. The van der Waals surface area contributed by atoms with Crippen molar-refractivity contribution >= 4 is 21.5 Å². The molecule has 28 heavy (non-hydrogen) atoms. The molecule has 0 atom stereocenters. The molecule has 1 heterocycles. The first-order valence-corrected chi connectivity index (χ1v) is 10.7. The molecular weight excluding hydrogens is 380 g/mol. The Morgan fingerprint density at radius 3 is 2.36 bits per heavy atom. The number of non-ortho nitro benzene ring substituents is 1. The predicted molar refractivity (Wildman–Crippen MR) is 105 cm³/mol. The number of Topliss-reactive ketones (excluding diaryl/α,β-unsaturated/α-hetero) is 1. The van der Waals surface area contributed by atoms with Crippen LogP contribution < -0.4 is 0 Å². The lowest BCUT2D eigenvalue weighted by molar-refractivity contribution is -0.384. The highest BCUT2D eigenvalue weighted by Gasteiger charge is 2.25. The first kappa shape index (κ1) is 20.2. The molecule has 0 saturated carbocycles. The highest BCUT2D eigenvalue weighted by atomic mass is 32.2. The number of hydrogen-bond donors (Lipinski definition) is 0. The summed E-state index contributed by atoms with van der Waals surface area (Å²) in [4.78, 5) is 23.1. The van der Waals surface area contributed by atoms with Crippen molar-refractivity contribution in [2.45, 2.75) is 37.0 Å². The van der Waals surface area contributed by atoms with E-state index < -0.39 is 14.9 Å². The number of benzene rings is 2. The van der Waals surface area contributed by atoms with Gasteiger partial charge in [-0.2, -0.15) is 4.31 Å². The summed E-state index contributed by atoms with van der Waals surface area (Å²) in [5.74, 6) is -0.284. The Morgan fingerprint density at radius 1 is 1.00 bits per heavy atom. The lowest BCUT2D eigenvalue weighted by Gasteiger charge is -2.20. The number of nitro benzene ring substituents is 1. The van der Waals surface area contributed by atoms with E-state index in [2.05, 4.69) is 0 Å². The molecule has 0 spiro atoms. The second-order valence-corrected chi connectivity index (χ2v) is 8.81. The second-order valence-electron chi connectivity index (χ2n) is 6.87. The van der Waals surface area contributed by atoms with Crippen LogP contribution in [0.15, 0.2) is 53.4 Å². The van der Waals surface area contributed by atoms with Crippen molar-refractivity contribution in [3.05, 3.63) is 69.8 Å². The Kier molecular flexibility index (Phi) is 6.21. The van der Waals surface area contributed by atoms with Crippen LogP contribution >= 0.6 is 0 Å². The zero-order valence-corrected chi connectivity index (χ0v) is 16.2. The van der Waals surface area contributed by atoms with E-state index in [-0.39, 0.29) is 28.4 Å². The fourth-order valence-electron chi connectivity index (χ4n) is 3.33. The van der Waals surface area contributed by atoms with E-state index >= 15 is 0 Å². The van der Waals surface area contributed by atoms with Crippen molar-refractivity contribution < 1.29 is 18.1 Å². The SMILES string of the molecule is O=C(Cc1cccc([N+](=O)[O-])c1)c1cccc(S(=O)(=O)N2CCCCCC2)c1. The van der Waals surface area contributed by atoms with E-state index in [0.29, 0.717) is 18.7 Å².